The fraction of sp³-hybridized carbons (Fsp3) is 0.500. The van der Waals surface area contributed by atoms with Crippen LogP contribution in [-0.2, 0) is 4.79 Å². The second kappa shape index (κ2) is 7.67. The molecule has 1 rings (SSSR count). The Balaban J connectivity index is 2.82. The quantitative estimate of drug-likeness (QED) is 0.809. The standard InChI is InChI=1S/C16H24N2O3/c1-5-18(6-2)13-9-7-12(8-10-13)15(19)17-14(11(3)4)16(20)21/h7-11,14H,5-6H2,1-4H3,(H,17,19)(H,20,21). The predicted octanol–water partition coefficient (Wildman–Crippen LogP) is 2.37. The molecule has 21 heavy (non-hydrogen) atoms. The van der Waals surface area contributed by atoms with E-state index < -0.39 is 12.0 Å². The fourth-order valence-electron chi connectivity index (χ4n) is 2.15. The first kappa shape index (κ1) is 17.0. The number of carbonyl (C=O) groups excluding carboxylic acids is 1. The first-order chi connectivity index (χ1) is 9.90. The molecule has 0 aliphatic heterocycles. The summed E-state index contributed by atoms with van der Waals surface area (Å²) in [6.45, 7) is 9.48. The zero-order valence-electron chi connectivity index (χ0n) is 13.1. The normalized spacial score (nSPS) is 12.0. The Bertz CT molecular complexity index is 479. The lowest BCUT2D eigenvalue weighted by molar-refractivity contribution is -0.140. The van der Waals surface area contributed by atoms with Crippen LogP contribution in [0.3, 0.4) is 0 Å². The van der Waals surface area contributed by atoms with Crippen LogP contribution in [0.4, 0.5) is 5.69 Å². The molecule has 0 bridgehead atoms. The Morgan fingerprint density at radius 1 is 1.14 bits per heavy atom. The number of rotatable bonds is 7. The highest BCUT2D eigenvalue weighted by atomic mass is 16.4. The molecule has 0 radical (unpaired) electrons. The van der Waals surface area contributed by atoms with Crippen LogP contribution in [0.2, 0.25) is 0 Å². The van der Waals surface area contributed by atoms with Gasteiger partial charge in [0.2, 0.25) is 0 Å². The molecule has 5 heteroatoms. The number of nitrogens with one attached hydrogen (secondary N) is 1. The summed E-state index contributed by atoms with van der Waals surface area (Å²) in [6.07, 6.45) is 0. The number of nitrogens with zero attached hydrogens (tertiary/aromatic N) is 1. The molecule has 1 aromatic rings. The lowest BCUT2D eigenvalue weighted by atomic mass is 10.0. The Morgan fingerprint density at radius 2 is 1.67 bits per heavy atom. The van der Waals surface area contributed by atoms with E-state index in [0.717, 1.165) is 18.8 Å². The maximum absolute atomic E-state index is 12.1. The number of carboxylic acids is 1. The van der Waals surface area contributed by atoms with Crippen LogP contribution in [0.15, 0.2) is 24.3 Å². The van der Waals surface area contributed by atoms with Gasteiger partial charge < -0.3 is 15.3 Å². The summed E-state index contributed by atoms with van der Waals surface area (Å²) in [5.74, 6) is -1.54. The molecule has 0 heterocycles. The van der Waals surface area contributed by atoms with E-state index in [9.17, 15) is 9.59 Å². The Labute approximate surface area is 126 Å². The van der Waals surface area contributed by atoms with Gasteiger partial charge in [0.1, 0.15) is 6.04 Å². The largest absolute Gasteiger partial charge is 0.480 e. The van der Waals surface area contributed by atoms with Crippen LogP contribution < -0.4 is 10.2 Å². The van der Waals surface area contributed by atoms with E-state index in [1.54, 1.807) is 26.0 Å². The van der Waals surface area contributed by atoms with Gasteiger partial charge in [-0.05, 0) is 44.0 Å². The molecule has 0 fully saturated rings. The summed E-state index contributed by atoms with van der Waals surface area (Å²) >= 11 is 0. The number of anilines is 1. The van der Waals surface area contributed by atoms with Crippen molar-refractivity contribution in [2.45, 2.75) is 33.7 Å². The van der Waals surface area contributed by atoms with Crippen LogP contribution in [0.5, 0.6) is 0 Å². The molecule has 0 saturated heterocycles. The molecule has 1 aromatic carbocycles. The predicted molar refractivity (Wildman–Crippen MR) is 83.7 cm³/mol. The molecular weight excluding hydrogens is 268 g/mol. The van der Waals surface area contributed by atoms with Gasteiger partial charge in [-0.3, -0.25) is 4.79 Å². The van der Waals surface area contributed by atoms with Crippen molar-refractivity contribution in [1.82, 2.24) is 5.32 Å². The summed E-state index contributed by atoms with van der Waals surface area (Å²) in [5, 5.41) is 11.7. The van der Waals surface area contributed by atoms with Crippen LogP contribution >= 0.6 is 0 Å². The molecule has 1 atom stereocenters. The molecule has 1 amide bonds. The minimum Gasteiger partial charge on any atom is -0.480 e. The second-order valence-electron chi connectivity index (χ2n) is 5.25. The van der Waals surface area contributed by atoms with Crippen molar-refractivity contribution in [3.63, 3.8) is 0 Å². The van der Waals surface area contributed by atoms with Crippen molar-refractivity contribution in [2.75, 3.05) is 18.0 Å². The van der Waals surface area contributed by atoms with Crippen LogP contribution in [0, 0.1) is 5.92 Å². The summed E-state index contributed by atoms with van der Waals surface area (Å²) in [6, 6.07) is 6.34. The van der Waals surface area contributed by atoms with Crippen molar-refractivity contribution in [1.29, 1.82) is 0 Å². The SMILES string of the molecule is CCN(CC)c1ccc(C(=O)NC(C(=O)O)C(C)C)cc1. The van der Waals surface area contributed by atoms with E-state index in [-0.39, 0.29) is 11.8 Å². The summed E-state index contributed by atoms with van der Waals surface area (Å²) in [4.78, 5) is 25.4. The monoisotopic (exact) mass is 292 g/mol. The maximum atomic E-state index is 12.1. The van der Waals surface area contributed by atoms with Crippen LogP contribution in [0.25, 0.3) is 0 Å². The third-order valence-electron chi connectivity index (χ3n) is 3.48. The van der Waals surface area contributed by atoms with Crippen LogP contribution in [0.1, 0.15) is 38.1 Å². The van der Waals surface area contributed by atoms with E-state index in [1.807, 2.05) is 12.1 Å². The highest BCUT2D eigenvalue weighted by molar-refractivity contribution is 5.96. The molecule has 116 valence electrons. The van der Waals surface area contributed by atoms with Crippen LogP contribution in [-0.4, -0.2) is 36.1 Å². The van der Waals surface area contributed by atoms with E-state index in [4.69, 9.17) is 5.11 Å². The Hall–Kier alpha value is -2.04. The van der Waals surface area contributed by atoms with E-state index in [2.05, 4.69) is 24.1 Å². The average Bonchev–Trinajstić information content (AvgIpc) is 2.45. The Morgan fingerprint density at radius 3 is 2.05 bits per heavy atom. The van der Waals surface area contributed by atoms with Gasteiger partial charge in [-0.15, -0.1) is 0 Å². The number of carboxylic acid groups (broad SMARTS) is 1. The minimum atomic E-state index is -1.02. The summed E-state index contributed by atoms with van der Waals surface area (Å²) in [5.41, 5.74) is 1.52. The topological polar surface area (TPSA) is 69.6 Å². The van der Waals surface area contributed by atoms with Gasteiger partial charge in [-0.2, -0.15) is 0 Å². The van der Waals surface area contributed by atoms with Gasteiger partial charge in [0.15, 0.2) is 0 Å². The van der Waals surface area contributed by atoms with Gasteiger partial charge >= 0.3 is 5.97 Å². The number of amides is 1. The maximum Gasteiger partial charge on any atom is 0.326 e. The molecule has 0 spiro atoms. The average molecular weight is 292 g/mol. The van der Waals surface area contributed by atoms with E-state index in [1.165, 1.54) is 0 Å². The third-order valence-corrected chi connectivity index (χ3v) is 3.48. The minimum absolute atomic E-state index is 0.165. The summed E-state index contributed by atoms with van der Waals surface area (Å²) in [7, 11) is 0. The number of hydrogen-bond donors (Lipinski definition) is 2. The third kappa shape index (κ3) is 4.48. The highest BCUT2D eigenvalue weighted by Crippen LogP contribution is 2.15. The molecule has 5 nitrogen and oxygen atoms in total. The van der Waals surface area contributed by atoms with Gasteiger partial charge in [-0.1, -0.05) is 13.8 Å². The number of aliphatic carboxylic acids is 1. The van der Waals surface area contributed by atoms with Crippen molar-refractivity contribution in [3.05, 3.63) is 29.8 Å². The lowest BCUT2D eigenvalue weighted by Crippen LogP contribution is -2.44. The van der Waals surface area contributed by atoms with Gasteiger partial charge in [-0.25, -0.2) is 4.79 Å². The molecule has 1 unspecified atom stereocenters. The van der Waals surface area contributed by atoms with Crippen molar-refractivity contribution < 1.29 is 14.7 Å². The molecule has 0 aliphatic carbocycles. The van der Waals surface area contributed by atoms with Gasteiger partial charge in [0.25, 0.3) is 5.91 Å². The van der Waals surface area contributed by atoms with E-state index in [0.29, 0.717) is 5.56 Å². The Kier molecular flexibility index (Phi) is 6.21. The number of hydrogen-bond acceptors (Lipinski definition) is 3. The molecule has 2 N–H and O–H groups in total. The smallest absolute Gasteiger partial charge is 0.326 e. The van der Waals surface area contributed by atoms with Crippen molar-refractivity contribution in [2.24, 2.45) is 5.92 Å². The molecular formula is C16H24N2O3. The molecule has 0 aliphatic rings. The van der Waals surface area contributed by atoms with Gasteiger partial charge in [0.05, 0.1) is 0 Å². The van der Waals surface area contributed by atoms with E-state index >= 15 is 0 Å². The zero-order valence-corrected chi connectivity index (χ0v) is 13.1. The number of benzene rings is 1. The van der Waals surface area contributed by atoms with Crippen molar-refractivity contribution in [3.8, 4) is 0 Å². The molecule has 0 aromatic heterocycles. The van der Waals surface area contributed by atoms with Crippen molar-refractivity contribution >= 4 is 17.6 Å². The lowest BCUT2D eigenvalue weighted by Gasteiger charge is -2.21. The summed E-state index contributed by atoms with van der Waals surface area (Å²) < 4.78 is 0. The first-order valence-electron chi connectivity index (χ1n) is 7.29. The fourth-order valence-corrected chi connectivity index (χ4v) is 2.15. The highest BCUT2D eigenvalue weighted by Gasteiger charge is 2.23. The number of carbonyl (C=O) groups is 2. The molecule has 0 saturated carbocycles. The first-order valence-corrected chi connectivity index (χ1v) is 7.29. The van der Waals surface area contributed by atoms with Gasteiger partial charge in [0, 0.05) is 24.3 Å². The zero-order chi connectivity index (χ0) is 16.0. The second-order valence-corrected chi connectivity index (χ2v) is 5.25.